The second-order valence-electron chi connectivity index (χ2n) is 4.56. The van der Waals surface area contributed by atoms with E-state index in [-0.39, 0.29) is 6.61 Å². The summed E-state index contributed by atoms with van der Waals surface area (Å²) in [5.74, 6) is 1.14. The van der Waals surface area contributed by atoms with E-state index in [4.69, 9.17) is 11.9 Å². The van der Waals surface area contributed by atoms with Gasteiger partial charge in [-0.3, -0.25) is 4.79 Å². The summed E-state index contributed by atoms with van der Waals surface area (Å²) in [6.45, 7) is -0.140. The Morgan fingerprint density at radius 1 is 1.05 bits per heavy atom. The Morgan fingerprint density at radius 2 is 1.57 bits per heavy atom. The summed E-state index contributed by atoms with van der Waals surface area (Å²) < 4.78 is 12.2. The van der Waals surface area contributed by atoms with E-state index in [2.05, 4.69) is 4.84 Å². The molecule has 0 heterocycles. The SMILES string of the molecule is [2H]NOC[C@H](N)C(=O)OC(c1ccccc1)c1ccccc1. The van der Waals surface area contributed by atoms with Crippen molar-refractivity contribution in [2.24, 2.45) is 11.6 Å². The number of hydrogen-bond acceptors (Lipinski definition) is 5. The van der Waals surface area contributed by atoms with E-state index in [1.807, 2.05) is 60.7 Å². The zero-order valence-corrected chi connectivity index (χ0v) is 11.4. The number of carbonyl (C=O) groups excluding carboxylic acids is 1. The van der Waals surface area contributed by atoms with Gasteiger partial charge in [-0.15, -0.1) is 0 Å². The number of nitrogens with two attached hydrogens (primary N) is 2. The van der Waals surface area contributed by atoms with Crippen molar-refractivity contribution in [1.82, 2.24) is 0 Å². The molecular formula is C16H18N2O3. The molecule has 110 valence electrons. The first-order valence-corrected chi connectivity index (χ1v) is 6.57. The van der Waals surface area contributed by atoms with Crippen LogP contribution < -0.4 is 11.6 Å². The molecule has 0 unspecified atom stereocenters. The minimum absolute atomic E-state index is 0.140. The third-order valence-corrected chi connectivity index (χ3v) is 3.00. The van der Waals surface area contributed by atoms with Gasteiger partial charge >= 0.3 is 5.97 Å². The van der Waals surface area contributed by atoms with Gasteiger partial charge in [-0.1, -0.05) is 60.7 Å². The minimum atomic E-state index is -0.965. The van der Waals surface area contributed by atoms with Crippen LogP contribution in [0.15, 0.2) is 60.7 Å². The fourth-order valence-corrected chi connectivity index (χ4v) is 1.95. The third kappa shape index (κ3) is 4.13. The normalized spacial score (nSPS) is 12.8. The number of ether oxygens (including phenoxy) is 1. The summed E-state index contributed by atoms with van der Waals surface area (Å²) in [6.07, 6.45) is -0.537. The van der Waals surface area contributed by atoms with Crippen LogP contribution in [0.3, 0.4) is 0 Å². The first-order chi connectivity index (χ1) is 10.7. The molecule has 0 spiro atoms. The maximum absolute atomic E-state index is 12.1. The molecule has 0 saturated carbocycles. The van der Waals surface area contributed by atoms with Crippen molar-refractivity contribution in [3.05, 3.63) is 71.8 Å². The largest absolute Gasteiger partial charge is 0.451 e. The van der Waals surface area contributed by atoms with Crippen LogP contribution in [-0.2, 0) is 14.4 Å². The van der Waals surface area contributed by atoms with Gasteiger partial charge in [-0.2, -0.15) is 0 Å². The van der Waals surface area contributed by atoms with Crippen LogP contribution >= 0.6 is 0 Å². The summed E-state index contributed by atoms with van der Waals surface area (Å²) in [5, 5.41) is 0. The molecule has 21 heavy (non-hydrogen) atoms. The average Bonchev–Trinajstić information content (AvgIpc) is 2.58. The summed E-state index contributed by atoms with van der Waals surface area (Å²) >= 11 is 0. The summed E-state index contributed by atoms with van der Waals surface area (Å²) in [7, 11) is 0. The molecule has 0 saturated heterocycles. The Morgan fingerprint density at radius 3 is 2.05 bits per heavy atom. The quantitative estimate of drug-likeness (QED) is 0.595. The Hall–Kier alpha value is -2.21. The number of rotatable bonds is 7. The van der Waals surface area contributed by atoms with Gasteiger partial charge in [-0.25, -0.2) is 5.89 Å². The molecule has 5 nitrogen and oxygen atoms in total. The van der Waals surface area contributed by atoms with Crippen molar-refractivity contribution < 1.29 is 15.8 Å². The molecule has 0 amide bonds. The number of esters is 1. The maximum Gasteiger partial charge on any atom is 0.326 e. The minimum Gasteiger partial charge on any atom is -0.451 e. The van der Waals surface area contributed by atoms with E-state index >= 15 is 0 Å². The first kappa shape index (κ1) is 13.8. The van der Waals surface area contributed by atoms with Crippen molar-refractivity contribution in [3.63, 3.8) is 0 Å². The number of benzene rings is 2. The predicted octanol–water partition coefficient (Wildman–Crippen LogP) is 1.54. The van der Waals surface area contributed by atoms with Gasteiger partial charge in [0.25, 0.3) is 0 Å². The van der Waals surface area contributed by atoms with E-state index in [9.17, 15) is 4.79 Å². The van der Waals surface area contributed by atoms with E-state index in [0.717, 1.165) is 11.1 Å². The molecule has 0 aliphatic rings. The molecule has 0 fully saturated rings. The molecule has 2 aromatic rings. The predicted molar refractivity (Wildman–Crippen MR) is 78.9 cm³/mol. The van der Waals surface area contributed by atoms with Gasteiger partial charge in [-0.05, 0) is 11.1 Å². The molecule has 5 heteroatoms. The molecule has 0 aliphatic heterocycles. The van der Waals surface area contributed by atoms with Crippen LogP contribution in [0.4, 0.5) is 0 Å². The topological polar surface area (TPSA) is 87.6 Å². The van der Waals surface area contributed by atoms with Crippen LogP contribution in [0.25, 0.3) is 0 Å². The zero-order chi connectivity index (χ0) is 15.8. The lowest BCUT2D eigenvalue weighted by Crippen LogP contribution is -2.38. The lowest BCUT2D eigenvalue weighted by atomic mass is 10.0. The highest BCUT2D eigenvalue weighted by Gasteiger charge is 2.23. The molecule has 0 bridgehead atoms. The summed E-state index contributed by atoms with van der Waals surface area (Å²) in [6, 6.07) is 17.9. The van der Waals surface area contributed by atoms with Crippen molar-refractivity contribution >= 4 is 5.97 Å². The van der Waals surface area contributed by atoms with Crippen LogP contribution in [-0.4, -0.2) is 18.6 Å². The van der Waals surface area contributed by atoms with Crippen molar-refractivity contribution in [2.45, 2.75) is 12.1 Å². The molecule has 1 atom stereocenters. The summed E-state index contributed by atoms with van der Waals surface area (Å²) in [4.78, 5) is 16.7. The zero-order valence-electron chi connectivity index (χ0n) is 12.4. The smallest absolute Gasteiger partial charge is 0.326 e. The molecule has 0 radical (unpaired) electrons. The molecule has 2 aromatic carbocycles. The Labute approximate surface area is 124 Å². The van der Waals surface area contributed by atoms with E-state index in [1.54, 1.807) is 5.89 Å². The molecule has 4 N–H and O–H groups in total. The van der Waals surface area contributed by atoms with Gasteiger partial charge in [0.15, 0.2) is 7.52 Å². The highest BCUT2D eigenvalue weighted by Crippen LogP contribution is 2.26. The Kier molecular flexibility index (Phi) is 4.94. The molecule has 0 aromatic heterocycles. The number of hydrogen-bond donors (Lipinski definition) is 2. The van der Waals surface area contributed by atoms with Crippen molar-refractivity contribution in [1.29, 1.82) is 0 Å². The third-order valence-electron chi connectivity index (χ3n) is 3.00. The second kappa shape index (κ2) is 7.54. The van der Waals surface area contributed by atoms with E-state index in [0.29, 0.717) is 0 Å². The first-order valence-electron chi connectivity index (χ1n) is 7.07. The van der Waals surface area contributed by atoms with Crippen LogP contribution in [0.1, 0.15) is 17.2 Å². The van der Waals surface area contributed by atoms with E-state index in [1.165, 1.54) is 0 Å². The fourth-order valence-electron chi connectivity index (χ4n) is 1.95. The second-order valence-corrected chi connectivity index (χ2v) is 4.56. The summed E-state index contributed by atoms with van der Waals surface area (Å²) in [5.41, 5.74) is 7.40. The highest BCUT2D eigenvalue weighted by atomic mass is 16.6. The van der Waals surface area contributed by atoms with Crippen molar-refractivity contribution in [2.75, 3.05) is 6.61 Å². The number of carbonyl (C=O) groups is 1. The maximum atomic E-state index is 12.1. The van der Waals surface area contributed by atoms with E-state index < -0.39 is 18.1 Å². The van der Waals surface area contributed by atoms with Crippen LogP contribution in [0.5, 0.6) is 0 Å². The molecular weight excluding hydrogens is 268 g/mol. The van der Waals surface area contributed by atoms with Gasteiger partial charge in [0, 0.05) is 0 Å². The monoisotopic (exact) mass is 287 g/mol. The van der Waals surface area contributed by atoms with Crippen LogP contribution in [0, 0.1) is 0 Å². The highest BCUT2D eigenvalue weighted by molar-refractivity contribution is 5.76. The Bertz CT molecular complexity index is 541. The Balaban J connectivity index is 2.17. The van der Waals surface area contributed by atoms with Gasteiger partial charge in [0.2, 0.25) is 0 Å². The standard InChI is InChI=1S/C16H18N2O3/c17-14(11-20-18)16(19)21-15(12-7-3-1-4-8-12)13-9-5-2-6-10-13/h1-10,14-15H,11,17-18H2/t14-/m0/s1/i18D. The van der Waals surface area contributed by atoms with Gasteiger partial charge in [0.05, 0.1) is 6.61 Å². The average molecular weight is 287 g/mol. The molecule has 0 aliphatic carbocycles. The lowest BCUT2D eigenvalue weighted by molar-refractivity contribution is -0.150. The lowest BCUT2D eigenvalue weighted by Gasteiger charge is -2.20. The van der Waals surface area contributed by atoms with Crippen LogP contribution in [0.2, 0.25) is 1.41 Å². The van der Waals surface area contributed by atoms with Gasteiger partial charge < -0.3 is 15.3 Å². The fraction of sp³-hybridized carbons (Fsp3) is 0.188. The molecule has 2 rings (SSSR count). The van der Waals surface area contributed by atoms with Gasteiger partial charge in [0.1, 0.15) is 6.04 Å². The van der Waals surface area contributed by atoms with Crippen molar-refractivity contribution in [3.8, 4) is 0 Å².